The van der Waals surface area contributed by atoms with Crippen molar-refractivity contribution in [3.8, 4) is 0 Å². The predicted octanol–water partition coefficient (Wildman–Crippen LogP) is 1.44. The molecule has 3 heterocycles. The van der Waals surface area contributed by atoms with E-state index in [0.717, 1.165) is 16.2 Å². The molecule has 0 bridgehead atoms. The molecule has 0 atom stereocenters. The summed E-state index contributed by atoms with van der Waals surface area (Å²) in [6, 6.07) is 7.74. The smallest absolute Gasteiger partial charge is 0.259 e. The molecule has 0 saturated carbocycles. The fraction of sp³-hybridized carbons (Fsp3) is 0.0909. The molecule has 6 nitrogen and oxygen atoms in total. The zero-order valence-corrected chi connectivity index (χ0v) is 10.5. The third-order valence-corrected chi connectivity index (χ3v) is 3.39. The molecule has 3 rings (SSSR count). The van der Waals surface area contributed by atoms with E-state index in [2.05, 4.69) is 25.8 Å². The standard InChI is InChI=1S/C11H10N6S/c1-8(9-3-2-6-18-9)13-14-10-4-5-11-15-12-7-17(11)16-10/h2-7H,1H3,(H,14,16)/p+1. The summed E-state index contributed by atoms with van der Waals surface area (Å²) in [4.78, 5) is 1.14. The number of nitrogens with zero attached hydrogens (tertiary/aromatic N) is 4. The normalized spacial score (nSPS) is 11.9. The molecule has 0 radical (unpaired) electrons. The van der Waals surface area contributed by atoms with E-state index in [1.54, 1.807) is 22.2 Å². The van der Waals surface area contributed by atoms with Crippen LogP contribution in [0.1, 0.15) is 11.8 Å². The minimum Gasteiger partial charge on any atom is -0.259 e. The van der Waals surface area contributed by atoms with Gasteiger partial charge in [-0.3, -0.25) is 5.43 Å². The zero-order valence-electron chi connectivity index (χ0n) is 9.66. The second-order valence-electron chi connectivity index (χ2n) is 3.68. The molecule has 0 spiro atoms. The van der Waals surface area contributed by atoms with Gasteiger partial charge in [-0.25, -0.2) is 0 Å². The Kier molecular flexibility index (Phi) is 2.73. The highest BCUT2D eigenvalue weighted by molar-refractivity contribution is 7.12. The van der Waals surface area contributed by atoms with Gasteiger partial charge >= 0.3 is 5.65 Å². The Morgan fingerprint density at radius 3 is 3.22 bits per heavy atom. The molecule has 0 fully saturated rings. The van der Waals surface area contributed by atoms with Crippen molar-refractivity contribution >= 4 is 28.5 Å². The molecular formula is C11H11N6S+. The first-order valence-corrected chi connectivity index (χ1v) is 6.27. The van der Waals surface area contributed by atoms with E-state index < -0.39 is 0 Å². The molecule has 90 valence electrons. The number of aromatic amines is 1. The predicted molar refractivity (Wildman–Crippen MR) is 69.7 cm³/mol. The zero-order chi connectivity index (χ0) is 12.4. The van der Waals surface area contributed by atoms with E-state index >= 15 is 0 Å². The van der Waals surface area contributed by atoms with E-state index in [1.807, 2.05) is 36.6 Å². The van der Waals surface area contributed by atoms with Gasteiger partial charge in [0.05, 0.1) is 5.71 Å². The number of H-pyrrole nitrogens is 1. The highest BCUT2D eigenvalue weighted by Crippen LogP contribution is 2.10. The van der Waals surface area contributed by atoms with Crippen molar-refractivity contribution in [2.45, 2.75) is 6.92 Å². The number of hydrazone groups is 1. The van der Waals surface area contributed by atoms with Gasteiger partial charge in [0.1, 0.15) is 0 Å². The van der Waals surface area contributed by atoms with E-state index in [1.165, 1.54) is 0 Å². The molecule has 0 aromatic carbocycles. The van der Waals surface area contributed by atoms with Crippen LogP contribution in [0.25, 0.3) is 5.65 Å². The van der Waals surface area contributed by atoms with Crippen LogP contribution in [0.2, 0.25) is 0 Å². The summed E-state index contributed by atoms with van der Waals surface area (Å²) in [5.74, 6) is 0.671. The van der Waals surface area contributed by atoms with Crippen molar-refractivity contribution in [3.05, 3.63) is 40.8 Å². The second kappa shape index (κ2) is 4.53. The Bertz CT molecular complexity index is 684. The van der Waals surface area contributed by atoms with E-state index in [0.29, 0.717) is 5.82 Å². The van der Waals surface area contributed by atoms with Crippen LogP contribution in [-0.4, -0.2) is 21.0 Å². The Labute approximate surface area is 107 Å². The largest absolute Gasteiger partial charge is 0.325 e. The van der Waals surface area contributed by atoms with Crippen LogP contribution in [0.3, 0.4) is 0 Å². The van der Waals surface area contributed by atoms with Crippen LogP contribution >= 0.6 is 11.3 Å². The van der Waals surface area contributed by atoms with Gasteiger partial charge in [0.25, 0.3) is 0 Å². The van der Waals surface area contributed by atoms with Gasteiger partial charge in [-0.15, -0.1) is 21.0 Å². The number of aromatic nitrogens is 4. The van der Waals surface area contributed by atoms with E-state index in [9.17, 15) is 0 Å². The van der Waals surface area contributed by atoms with Gasteiger partial charge < -0.3 is 0 Å². The highest BCUT2D eigenvalue weighted by atomic mass is 32.1. The van der Waals surface area contributed by atoms with Gasteiger partial charge in [0, 0.05) is 16.0 Å². The van der Waals surface area contributed by atoms with Crippen LogP contribution in [0.15, 0.2) is 41.1 Å². The van der Waals surface area contributed by atoms with Gasteiger partial charge in [0.2, 0.25) is 6.33 Å². The molecule has 0 amide bonds. The first kappa shape index (κ1) is 10.8. The SMILES string of the molecule is CC(=NNc1ccc2n[nH]c[n+]2n1)c1cccs1. The molecule has 3 aromatic heterocycles. The van der Waals surface area contributed by atoms with Gasteiger partial charge in [0.15, 0.2) is 5.82 Å². The average molecular weight is 259 g/mol. The first-order chi connectivity index (χ1) is 8.83. The van der Waals surface area contributed by atoms with Crippen molar-refractivity contribution in [1.82, 2.24) is 15.3 Å². The summed E-state index contributed by atoms with van der Waals surface area (Å²) in [5, 5.41) is 17.4. The molecule has 3 aromatic rings. The maximum Gasteiger partial charge on any atom is 0.325 e. The van der Waals surface area contributed by atoms with Crippen LogP contribution in [-0.2, 0) is 0 Å². The maximum atomic E-state index is 4.30. The maximum absolute atomic E-state index is 4.30. The van der Waals surface area contributed by atoms with Gasteiger partial charge in [-0.1, -0.05) is 11.2 Å². The molecule has 2 N–H and O–H groups in total. The van der Waals surface area contributed by atoms with Crippen LogP contribution in [0.5, 0.6) is 0 Å². The van der Waals surface area contributed by atoms with Crippen LogP contribution < -0.4 is 9.94 Å². The third-order valence-electron chi connectivity index (χ3n) is 2.42. The summed E-state index contributed by atoms with van der Waals surface area (Å²) in [6.45, 7) is 1.96. The molecular weight excluding hydrogens is 248 g/mol. The van der Waals surface area contributed by atoms with Crippen molar-refractivity contribution in [2.75, 3.05) is 5.43 Å². The molecule has 0 aliphatic carbocycles. The molecule has 7 heteroatoms. The minimum atomic E-state index is 0.671. The van der Waals surface area contributed by atoms with E-state index in [-0.39, 0.29) is 0 Å². The number of anilines is 1. The van der Waals surface area contributed by atoms with E-state index in [4.69, 9.17) is 0 Å². The molecule has 0 aliphatic rings. The van der Waals surface area contributed by atoms with Crippen molar-refractivity contribution in [1.29, 1.82) is 0 Å². The van der Waals surface area contributed by atoms with Crippen molar-refractivity contribution in [3.63, 3.8) is 0 Å². The fourth-order valence-electron chi connectivity index (χ4n) is 1.50. The molecule has 18 heavy (non-hydrogen) atoms. The lowest BCUT2D eigenvalue weighted by Crippen LogP contribution is -2.24. The second-order valence-corrected chi connectivity index (χ2v) is 4.63. The summed E-state index contributed by atoms with van der Waals surface area (Å²) < 4.78 is 1.65. The topological polar surface area (TPSA) is 70.1 Å². The Morgan fingerprint density at radius 1 is 1.44 bits per heavy atom. The van der Waals surface area contributed by atoms with Crippen molar-refractivity contribution in [2.24, 2.45) is 5.10 Å². The monoisotopic (exact) mass is 259 g/mol. The quantitative estimate of drug-likeness (QED) is 0.425. The lowest BCUT2D eigenvalue weighted by molar-refractivity contribution is -0.579. The van der Waals surface area contributed by atoms with Crippen LogP contribution in [0, 0.1) is 0 Å². The van der Waals surface area contributed by atoms with Crippen molar-refractivity contribution < 1.29 is 4.52 Å². The summed E-state index contributed by atoms with van der Waals surface area (Å²) in [5.41, 5.74) is 4.63. The van der Waals surface area contributed by atoms with Gasteiger partial charge in [-0.05, 0) is 24.4 Å². The number of thiophene rings is 1. The Balaban J connectivity index is 1.82. The van der Waals surface area contributed by atoms with Crippen LogP contribution in [0.4, 0.5) is 5.82 Å². The number of hydrogen-bond acceptors (Lipinski definition) is 5. The lowest BCUT2D eigenvalue weighted by Gasteiger charge is -1.99. The summed E-state index contributed by atoms with van der Waals surface area (Å²) in [7, 11) is 0. The highest BCUT2D eigenvalue weighted by Gasteiger charge is 2.05. The summed E-state index contributed by atoms with van der Waals surface area (Å²) >= 11 is 1.66. The van der Waals surface area contributed by atoms with Gasteiger partial charge in [-0.2, -0.15) is 5.10 Å². The molecule has 0 saturated heterocycles. The number of rotatable bonds is 3. The summed E-state index contributed by atoms with van der Waals surface area (Å²) in [6.07, 6.45) is 1.68. The molecule has 0 aliphatic heterocycles. The average Bonchev–Trinajstić information content (AvgIpc) is 3.05. The number of hydrogen-bond donors (Lipinski definition) is 2. The number of nitrogens with one attached hydrogen (secondary N) is 2. The molecule has 0 unspecified atom stereocenters. The first-order valence-electron chi connectivity index (χ1n) is 5.39. The number of fused-ring (bicyclic) bond motifs is 1. The Morgan fingerprint density at radius 2 is 2.39 bits per heavy atom. The lowest BCUT2D eigenvalue weighted by atomic mass is 10.3. The Hall–Kier alpha value is -2.28. The minimum absolute atomic E-state index is 0.671. The third kappa shape index (κ3) is 2.07. The fourth-order valence-corrected chi connectivity index (χ4v) is 2.18.